The number of fused-ring (bicyclic) bond motifs is 1. The number of para-hydroxylation sites is 1. The zero-order chi connectivity index (χ0) is 13.2. The molecule has 2 aromatic carbocycles. The maximum absolute atomic E-state index is 12.1. The Kier molecular flexibility index (Phi) is 2.80. The van der Waals surface area contributed by atoms with E-state index in [4.69, 9.17) is 4.74 Å². The van der Waals surface area contributed by atoms with E-state index in [0.29, 0.717) is 0 Å². The van der Waals surface area contributed by atoms with Gasteiger partial charge in [0.15, 0.2) is 0 Å². The third-order valence-corrected chi connectivity index (χ3v) is 3.12. The molecule has 3 nitrogen and oxygen atoms in total. The summed E-state index contributed by atoms with van der Waals surface area (Å²) in [6, 6.07) is 18.7. The van der Waals surface area contributed by atoms with Crippen LogP contribution in [0.4, 0.5) is 0 Å². The summed E-state index contributed by atoms with van der Waals surface area (Å²) in [6.07, 6.45) is 0. The average molecular weight is 251 g/mol. The maximum atomic E-state index is 12.1. The molecule has 0 saturated carbocycles. The number of hydrogen-bond donors (Lipinski definition) is 0. The largest absolute Gasteiger partial charge is 0.497 e. The molecule has 0 bridgehead atoms. The molecule has 0 atom stereocenters. The number of methoxy groups -OCH3 is 1. The van der Waals surface area contributed by atoms with Gasteiger partial charge in [-0.2, -0.15) is 0 Å². The van der Waals surface area contributed by atoms with E-state index in [9.17, 15) is 4.79 Å². The molecule has 0 unspecified atom stereocenters. The van der Waals surface area contributed by atoms with E-state index in [2.05, 4.69) is 0 Å². The first-order valence-electron chi connectivity index (χ1n) is 6.05. The van der Waals surface area contributed by atoms with Gasteiger partial charge in [0.05, 0.1) is 12.6 Å². The lowest BCUT2D eigenvalue weighted by molar-refractivity contribution is 0.415. The maximum Gasteiger partial charge on any atom is 0.255 e. The normalized spacial score (nSPS) is 10.6. The van der Waals surface area contributed by atoms with Crippen molar-refractivity contribution in [1.82, 2.24) is 4.57 Å². The standard InChI is InChI=1S/C16H13NO2/c1-19-14-8-9-15-12(11-14)7-10-16(18)17(15)13-5-3-2-4-6-13/h2-11H,1H3. The van der Waals surface area contributed by atoms with Gasteiger partial charge in [0.25, 0.3) is 5.56 Å². The van der Waals surface area contributed by atoms with E-state index < -0.39 is 0 Å². The summed E-state index contributed by atoms with van der Waals surface area (Å²) in [5.74, 6) is 0.783. The number of benzene rings is 2. The van der Waals surface area contributed by atoms with E-state index in [1.807, 2.05) is 54.6 Å². The molecule has 94 valence electrons. The van der Waals surface area contributed by atoms with Crippen LogP contribution in [0.25, 0.3) is 16.6 Å². The highest BCUT2D eigenvalue weighted by Crippen LogP contribution is 2.21. The highest BCUT2D eigenvalue weighted by atomic mass is 16.5. The van der Waals surface area contributed by atoms with E-state index in [0.717, 1.165) is 22.3 Å². The summed E-state index contributed by atoms with van der Waals surface area (Å²) in [5.41, 5.74) is 1.70. The fraction of sp³-hybridized carbons (Fsp3) is 0.0625. The smallest absolute Gasteiger partial charge is 0.255 e. The van der Waals surface area contributed by atoms with Crippen LogP contribution < -0.4 is 10.3 Å². The summed E-state index contributed by atoms with van der Waals surface area (Å²) >= 11 is 0. The van der Waals surface area contributed by atoms with Crippen molar-refractivity contribution >= 4 is 10.9 Å². The molecule has 0 saturated heterocycles. The molecular formula is C16H13NO2. The Balaban J connectivity index is 2.35. The lowest BCUT2D eigenvalue weighted by Crippen LogP contribution is -2.17. The van der Waals surface area contributed by atoms with E-state index in [-0.39, 0.29) is 5.56 Å². The van der Waals surface area contributed by atoms with E-state index >= 15 is 0 Å². The number of hydrogen-bond acceptors (Lipinski definition) is 2. The molecule has 3 aromatic rings. The molecule has 3 heteroatoms. The van der Waals surface area contributed by atoms with Gasteiger partial charge in [-0.05, 0) is 36.4 Å². The van der Waals surface area contributed by atoms with Gasteiger partial charge in [0.2, 0.25) is 0 Å². The van der Waals surface area contributed by atoms with Crippen LogP contribution in [0.15, 0.2) is 65.5 Å². The minimum absolute atomic E-state index is 0.0381. The highest BCUT2D eigenvalue weighted by Gasteiger charge is 2.05. The van der Waals surface area contributed by atoms with E-state index in [1.54, 1.807) is 17.7 Å². The van der Waals surface area contributed by atoms with Crippen LogP contribution in [-0.2, 0) is 0 Å². The van der Waals surface area contributed by atoms with E-state index in [1.165, 1.54) is 0 Å². The lowest BCUT2D eigenvalue weighted by atomic mass is 10.2. The summed E-state index contributed by atoms with van der Waals surface area (Å²) in [7, 11) is 1.63. The molecule has 0 N–H and O–H groups in total. The van der Waals surface area contributed by atoms with Gasteiger partial charge in [0, 0.05) is 17.1 Å². The molecule has 0 aliphatic rings. The second-order valence-electron chi connectivity index (χ2n) is 4.27. The van der Waals surface area contributed by atoms with Crippen LogP contribution in [0.2, 0.25) is 0 Å². The van der Waals surface area contributed by atoms with Gasteiger partial charge in [-0.3, -0.25) is 9.36 Å². The van der Waals surface area contributed by atoms with Crippen molar-refractivity contribution in [2.45, 2.75) is 0 Å². The quantitative estimate of drug-likeness (QED) is 0.701. The monoisotopic (exact) mass is 251 g/mol. The van der Waals surface area contributed by atoms with Crippen molar-refractivity contribution in [1.29, 1.82) is 0 Å². The molecule has 0 radical (unpaired) electrons. The summed E-state index contributed by atoms with van der Waals surface area (Å²) in [5, 5.41) is 0.975. The van der Waals surface area contributed by atoms with Gasteiger partial charge < -0.3 is 4.74 Å². The van der Waals surface area contributed by atoms with Gasteiger partial charge in [-0.15, -0.1) is 0 Å². The minimum atomic E-state index is -0.0381. The van der Waals surface area contributed by atoms with Gasteiger partial charge in [0.1, 0.15) is 5.75 Å². The van der Waals surface area contributed by atoms with Crippen molar-refractivity contribution < 1.29 is 4.74 Å². The first-order valence-corrected chi connectivity index (χ1v) is 6.05. The van der Waals surface area contributed by atoms with Gasteiger partial charge in [-0.25, -0.2) is 0 Å². The first kappa shape index (κ1) is 11.5. The second kappa shape index (κ2) is 4.61. The number of ether oxygens (including phenoxy) is 1. The van der Waals surface area contributed by atoms with Crippen molar-refractivity contribution in [2.75, 3.05) is 7.11 Å². The SMILES string of the molecule is COc1ccc2c(ccc(=O)n2-c2ccccc2)c1. The van der Waals surface area contributed by atoms with Gasteiger partial charge in [-0.1, -0.05) is 18.2 Å². The Labute approximate surface area is 110 Å². The Hall–Kier alpha value is -2.55. The number of pyridine rings is 1. The number of rotatable bonds is 2. The number of aromatic nitrogens is 1. The van der Waals surface area contributed by atoms with Crippen LogP contribution in [0, 0.1) is 0 Å². The van der Waals surface area contributed by atoms with Crippen molar-refractivity contribution in [3.05, 3.63) is 71.0 Å². The fourth-order valence-electron chi connectivity index (χ4n) is 2.19. The molecule has 0 amide bonds. The zero-order valence-electron chi connectivity index (χ0n) is 10.5. The van der Waals surface area contributed by atoms with Gasteiger partial charge >= 0.3 is 0 Å². The second-order valence-corrected chi connectivity index (χ2v) is 4.27. The summed E-state index contributed by atoms with van der Waals surface area (Å²) in [4.78, 5) is 12.1. The lowest BCUT2D eigenvalue weighted by Gasteiger charge is -2.10. The molecule has 0 aliphatic carbocycles. The zero-order valence-corrected chi connectivity index (χ0v) is 10.5. The minimum Gasteiger partial charge on any atom is -0.497 e. The third-order valence-electron chi connectivity index (χ3n) is 3.12. The molecule has 0 spiro atoms. The Morgan fingerprint density at radius 2 is 1.74 bits per heavy atom. The number of nitrogens with zero attached hydrogens (tertiary/aromatic N) is 1. The molecule has 0 aliphatic heterocycles. The predicted molar refractivity (Wildman–Crippen MR) is 76.1 cm³/mol. The third kappa shape index (κ3) is 1.99. The summed E-state index contributed by atoms with van der Waals surface area (Å²) in [6.45, 7) is 0. The van der Waals surface area contributed by atoms with Crippen LogP contribution in [0.1, 0.15) is 0 Å². The fourth-order valence-corrected chi connectivity index (χ4v) is 2.19. The predicted octanol–water partition coefficient (Wildman–Crippen LogP) is 3.00. The molecule has 19 heavy (non-hydrogen) atoms. The molecule has 3 rings (SSSR count). The highest BCUT2D eigenvalue weighted by molar-refractivity contribution is 5.82. The van der Waals surface area contributed by atoms with Crippen LogP contribution >= 0.6 is 0 Å². The van der Waals surface area contributed by atoms with Crippen molar-refractivity contribution in [2.24, 2.45) is 0 Å². The van der Waals surface area contributed by atoms with Crippen LogP contribution in [-0.4, -0.2) is 11.7 Å². The van der Waals surface area contributed by atoms with Crippen molar-refractivity contribution in [3.63, 3.8) is 0 Å². The Morgan fingerprint density at radius 3 is 2.47 bits per heavy atom. The molecule has 0 fully saturated rings. The first-order chi connectivity index (χ1) is 9.29. The van der Waals surface area contributed by atoms with Crippen LogP contribution in [0.5, 0.6) is 5.75 Å². The Morgan fingerprint density at radius 1 is 0.947 bits per heavy atom. The van der Waals surface area contributed by atoms with Crippen LogP contribution in [0.3, 0.4) is 0 Å². The topological polar surface area (TPSA) is 31.2 Å². The Bertz CT molecular complexity index is 776. The molecule has 1 aromatic heterocycles. The van der Waals surface area contributed by atoms with Crippen molar-refractivity contribution in [3.8, 4) is 11.4 Å². The average Bonchev–Trinajstić information content (AvgIpc) is 2.47. The summed E-state index contributed by atoms with van der Waals surface area (Å²) < 4.78 is 6.91. The molecule has 1 heterocycles. The molecular weight excluding hydrogens is 238 g/mol.